The fourth-order valence-electron chi connectivity index (χ4n) is 2.61. The van der Waals surface area contributed by atoms with E-state index in [0.29, 0.717) is 5.56 Å². The highest BCUT2D eigenvalue weighted by Crippen LogP contribution is 2.21. The molecule has 0 radical (unpaired) electrons. The number of unbranched alkanes of at least 4 members (excludes halogenated alkanes) is 9. The van der Waals surface area contributed by atoms with Gasteiger partial charge in [0.05, 0.1) is 12.7 Å². The van der Waals surface area contributed by atoms with Crippen molar-refractivity contribution in [1.29, 1.82) is 0 Å². The van der Waals surface area contributed by atoms with Crippen molar-refractivity contribution >= 4 is 17.7 Å². The van der Waals surface area contributed by atoms with Crippen molar-refractivity contribution in [3.63, 3.8) is 0 Å². The van der Waals surface area contributed by atoms with Gasteiger partial charge in [-0.05, 0) is 30.4 Å². The van der Waals surface area contributed by atoms with Crippen molar-refractivity contribution in [2.24, 2.45) is 0 Å². The highest BCUT2D eigenvalue weighted by Gasteiger charge is 2.05. The topological polar surface area (TPSA) is 26.3 Å². The molecule has 0 spiro atoms. The van der Waals surface area contributed by atoms with Gasteiger partial charge in [-0.3, -0.25) is 0 Å². The zero-order valence-corrected chi connectivity index (χ0v) is 15.6. The zero-order chi connectivity index (χ0) is 16.8. The molecule has 23 heavy (non-hydrogen) atoms. The second kappa shape index (κ2) is 13.5. The van der Waals surface area contributed by atoms with Crippen LogP contribution >= 0.6 is 11.8 Å². The fourth-order valence-corrected chi connectivity index (χ4v) is 3.58. The molecule has 130 valence electrons. The van der Waals surface area contributed by atoms with Crippen LogP contribution in [0, 0.1) is 0 Å². The summed E-state index contributed by atoms with van der Waals surface area (Å²) in [5.41, 5.74) is 0.639. The Morgan fingerprint density at radius 2 is 1.57 bits per heavy atom. The SMILES string of the molecule is CCCCCCCCCCCCSc1cccc(C(=O)OC)c1. The highest BCUT2D eigenvalue weighted by molar-refractivity contribution is 7.99. The third-order valence-corrected chi connectivity index (χ3v) is 5.10. The maximum atomic E-state index is 11.5. The van der Waals surface area contributed by atoms with Gasteiger partial charge in [0, 0.05) is 4.90 Å². The summed E-state index contributed by atoms with van der Waals surface area (Å²) in [5, 5.41) is 0. The van der Waals surface area contributed by atoms with E-state index in [-0.39, 0.29) is 5.97 Å². The van der Waals surface area contributed by atoms with E-state index in [9.17, 15) is 4.79 Å². The van der Waals surface area contributed by atoms with Crippen LogP contribution in [-0.4, -0.2) is 18.8 Å². The molecular weight excluding hydrogens is 304 g/mol. The van der Waals surface area contributed by atoms with E-state index in [1.54, 1.807) is 6.07 Å². The summed E-state index contributed by atoms with van der Waals surface area (Å²) < 4.78 is 4.75. The maximum absolute atomic E-state index is 11.5. The molecule has 0 aliphatic heterocycles. The Bertz CT molecular complexity index is 431. The molecular formula is C20H32O2S. The fraction of sp³-hybridized carbons (Fsp3) is 0.650. The van der Waals surface area contributed by atoms with Crippen LogP contribution in [0.25, 0.3) is 0 Å². The number of rotatable bonds is 13. The summed E-state index contributed by atoms with van der Waals surface area (Å²) in [7, 11) is 1.42. The molecule has 2 nitrogen and oxygen atoms in total. The summed E-state index contributed by atoms with van der Waals surface area (Å²) >= 11 is 1.83. The van der Waals surface area contributed by atoms with Crippen molar-refractivity contribution < 1.29 is 9.53 Å². The lowest BCUT2D eigenvalue weighted by Gasteiger charge is -2.05. The van der Waals surface area contributed by atoms with E-state index in [0.717, 1.165) is 10.6 Å². The van der Waals surface area contributed by atoms with E-state index in [2.05, 4.69) is 13.0 Å². The van der Waals surface area contributed by atoms with E-state index in [4.69, 9.17) is 4.74 Å². The molecule has 0 bridgehead atoms. The molecule has 0 saturated carbocycles. The van der Waals surface area contributed by atoms with Crippen LogP contribution in [0.1, 0.15) is 81.5 Å². The Labute approximate surface area is 146 Å². The van der Waals surface area contributed by atoms with Crippen LogP contribution in [-0.2, 0) is 4.74 Å². The van der Waals surface area contributed by atoms with E-state index in [1.807, 2.05) is 23.9 Å². The largest absolute Gasteiger partial charge is 0.465 e. The first-order valence-corrected chi connectivity index (χ1v) is 10.1. The number of ether oxygens (including phenoxy) is 1. The molecule has 0 unspecified atom stereocenters. The first-order valence-electron chi connectivity index (χ1n) is 9.09. The molecule has 0 heterocycles. The van der Waals surface area contributed by atoms with Gasteiger partial charge in [-0.15, -0.1) is 11.8 Å². The Balaban J connectivity index is 2.02. The lowest BCUT2D eigenvalue weighted by atomic mass is 10.1. The van der Waals surface area contributed by atoms with Gasteiger partial charge < -0.3 is 4.74 Å². The Hall–Kier alpha value is -0.960. The van der Waals surface area contributed by atoms with Crippen molar-refractivity contribution in [2.75, 3.05) is 12.9 Å². The number of benzene rings is 1. The second-order valence-corrected chi connectivity index (χ2v) is 7.22. The summed E-state index contributed by atoms with van der Waals surface area (Å²) in [6.45, 7) is 2.27. The van der Waals surface area contributed by atoms with Gasteiger partial charge in [-0.2, -0.15) is 0 Å². The second-order valence-electron chi connectivity index (χ2n) is 6.05. The van der Waals surface area contributed by atoms with Gasteiger partial charge in [0.2, 0.25) is 0 Å². The predicted molar refractivity (Wildman–Crippen MR) is 100 cm³/mol. The molecule has 0 fully saturated rings. The van der Waals surface area contributed by atoms with Crippen molar-refractivity contribution in [2.45, 2.75) is 76.0 Å². The van der Waals surface area contributed by atoms with Gasteiger partial charge in [-0.1, -0.05) is 70.8 Å². The number of methoxy groups -OCH3 is 1. The molecule has 3 heteroatoms. The molecule has 0 amide bonds. The first-order chi connectivity index (χ1) is 11.3. The minimum atomic E-state index is -0.258. The average Bonchev–Trinajstić information content (AvgIpc) is 2.59. The van der Waals surface area contributed by atoms with Gasteiger partial charge in [0.25, 0.3) is 0 Å². The van der Waals surface area contributed by atoms with E-state index < -0.39 is 0 Å². The standard InChI is InChI=1S/C20H32O2S/c1-3-4-5-6-7-8-9-10-11-12-16-23-19-15-13-14-18(17-19)20(21)22-2/h13-15,17H,3-12,16H2,1-2H3. The van der Waals surface area contributed by atoms with E-state index >= 15 is 0 Å². The maximum Gasteiger partial charge on any atom is 0.337 e. The molecule has 1 rings (SSSR count). The molecule has 0 saturated heterocycles. The predicted octanol–water partition coefficient (Wildman–Crippen LogP) is 6.49. The number of thioether (sulfide) groups is 1. The number of hydrogen-bond donors (Lipinski definition) is 0. The van der Waals surface area contributed by atoms with Crippen LogP contribution in [0.3, 0.4) is 0 Å². The number of carbonyl (C=O) groups excluding carboxylic acids is 1. The molecule has 1 aromatic carbocycles. The van der Waals surface area contributed by atoms with Crippen LogP contribution in [0.4, 0.5) is 0 Å². The minimum absolute atomic E-state index is 0.258. The van der Waals surface area contributed by atoms with Crippen molar-refractivity contribution in [3.8, 4) is 0 Å². The zero-order valence-electron chi connectivity index (χ0n) is 14.8. The number of carbonyl (C=O) groups is 1. The minimum Gasteiger partial charge on any atom is -0.465 e. The summed E-state index contributed by atoms with van der Waals surface area (Å²) in [4.78, 5) is 12.7. The van der Waals surface area contributed by atoms with Gasteiger partial charge in [0.15, 0.2) is 0 Å². The molecule has 0 N–H and O–H groups in total. The van der Waals surface area contributed by atoms with Gasteiger partial charge in [0.1, 0.15) is 0 Å². The normalized spacial score (nSPS) is 10.7. The van der Waals surface area contributed by atoms with Crippen LogP contribution in [0.15, 0.2) is 29.2 Å². The van der Waals surface area contributed by atoms with Crippen molar-refractivity contribution in [1.82, 2.24) is 0 Å². The lowest BCUT2D eigenvalue weighted by Crippen LogP contribution is -2.00. The molecule has 0 aliphatic carbocycles. The third-order valence-electron chi connectivity index (χ3n) is 4.02. The monoisotopic (exact) mass is 336 g/mol. The molecule has 1 aromatic rings. The van der Waals surface area contributed by atoms with Gasteiger partial charge in [-0.25, -0.2) is 4.79 Å². The smallest absolute Gasteiger partial charge is 0.337 e. The summed E-state index contributed by atoms with van der Waals surface area (Å²) in [6.07, 6.45) is 13.7. The Kier molecular flexibility index (Phi) is 11.8. The van der Waals surface area contributed by atoms with Crippen LogP contribution in [0.5, 0.6) is 0 Å². The summed E-state index contributed by atoms with van der Waals surface area (Å²) in [6, 6.07) is 7.71. The van der Waals surface area contributed by atoms with Crippen LogP contribution < -0.4 is 0 Å². The third kappa shape index (κ3) is 9.70. The quantitative estimate of drug-likeness (QED) is 0.234. The average molecular weight is 337 g/mol. The molecule has 0 atom stereocenters. The Morgan fingerprint density at radius 3 is 2.17 bits per heavy atom. The lowest BCUT2D eigenvalue weighted by molar-refractivity contribution is 0.0600. The number of hydrogen-bond acceptors (Lipinski definition) is 3. The number of esters is 1. The first kappa shape index (κ1) is 20.1. The molecule has 0 aromatic heterocycles. The highest BCUT2D eigenvalue weighted by atomic mass is 32.2. The van der Waals surface area contributed by atoms with Crippen molar-refractivity contribution in [3.05, 3.63) is 29.8 Å². The summed E-state index contributed by atoms with van der Waals surface area (Å²) in [5.74, 6) is 0.868. The Morgan fingerprint density at radius 1 is 0.957 bits per heavy atom. The van der Waals surface area contributed by atoms with E-state index in [1.165, 1.54) is 71.3 Å². The van der Waals surface area contributed by atoms with Crippen LogP contribution in [0.2, 0.25) is 0 Å². The molecule has 0 aliphatic rings. The van der Waals surface area contributed by atoms with Gasteiger partial charge >= 0.3 is 5.97 Å².